The van der Waals surface area contributed by atoms with Crippen LogP contribution in [0.3, 0.4) is 0 Å². The number of benzene rings is 2. The van der Waals surface area contributed by atoms with E-state index in [2.05, 4.69) is 5.32 Å². The summed E-state index contributed by atoms with van der Waals surface area (Å²) in [6, 6.07) is 10.7. The van der Waals surface area contributed by atoms with E-state index in [0.29, 0.717) is 28.1 Å². The Kier molecular flexibility index (Phi) is 9.89. The zero-order valence-corrected chi connectivity index (χ0v) is 22.2. The van der Waals surface area contributed by atoms with Crippen molar-refractivity contribution >= 4 is 66.6 Å². The molecule has 0 heterocycles. The molecule has 0 aliphatic carbocycles. The molecule has 0 aliphatic heterocycles. The minimum absolute atomic E-state index is 0.0214. The van der Waals surface area contributed by atoms with Crippen LogP contribution < -0.4 is 9.62 Å². The summed E-state index contributed by atoms with van der Waals surface area (Å²) in [7, 11) is -4.62. The molecule has 2 aromatic carbocycles. The monoisotopic (exact) mass is 553 g/mol. The number of thioether (sulfide) groups is 1. The molecule has 8 nitrogen and oxygen atoms in total. The average Bonchev–Trinajstić information content (AvgIpc) is 2.73. The van der Waals surface area contributed by atoms with E-state index in [1.165, 1.54) is 38.4 Å². The largest absolute Gasteiger partial charge is 0.354 e. The molecular weight excluding hydrogens is 529 g/mol. The fourth-order valence-electron chi connectivity index (χ4n) is 2.66. The second-order valence-corrected chi connectivity index (χ2v) is 13.2. The lowest BCUT2D eigenvalue weighted by Gasteiger charge is -2.22. The summed E-state index contributed by atoms with van der Waals surface area (Å²) in [5.41, 5.74) is 1.20. The van der Waals surface area contributed by atoms with E-state index >= 15 is 0 Å². The first kappa shape index (κ1) is 27.7. The number of halogens is 2. The van der Waals surface area contributed by atoms with Crippen LogP contribution in [0.4, 0.5) is 5.69 Å². The molecule has 33 heavy (non-hydrogen) atoms. The molecular formula is C20H25Cl2N3O5S3. The van der Waals surface area contributed by atoms with Gasteiger partial charge >= 0.3 is 0 Å². The number of rotatable bonds is 11. The van der Waals surface area contributed by atoms with Gasteiger partial charge in [-0.05, 0) is 42.0 Å². The van der Waals surface area contributed by atoms with Gasteiger partial charge in [0, 0.05) is 32.1 Å². The zero-order chi connectivity index (χ0) is 24.8. The van der Waals surface area contributed by atoms with Gasteiger partial charge in [-0.3, -0.25) is 9.10 Å². The van der Waals surface area contributed by atoms with E-state index < -0.39 is 32.5 Å². The first-order chi connectivity index (χ1) is 15.3. The molecule has 0 fully saturated rings. The Hall–Kier alpha value is -1.50. The maximum atomic E-state index is 12.3. The molecule has 13 heteroatoms. The van der Waals surface area contributed by atoms with E-state index in [4.69, 9.17) is 23.2 Å². The van der Waals surface area contributed by atoms with Gasteiger partial charge in [0.2, 0.25) is 26.0 Å². The van der Waals surface area contributed by atoms with Crippen LogP contribution in [0.2, 0.25) is 10.0 Å². The topological polar surface area (TPSA) is 104 Å². The molecule has 1 N–H and O–H groups in total. The highest BCUT2D eigenvalue weighted by Gasteiger charge is 2.22. The van der Waals surface area contributed by atoms with Crippen LogP contribution in [0.25, 0.3) is 0 Å². The molecule has 1 amide bonds. The van der Waals surface area contributed by atoms with E-state index in [0.717, 1.165) is 20.4 Å². The lowest BCUT2D eigenvalue weighted by Crippen LogP contribution is -2.41. The molecule has 0 aromatic heterocycles. The Morgan fingerprint density at radius 2 is 1.64 bits per heavy atom. The first-order valence-corrected chi connectivity index (χ1v) is 14.8. The van der Waals surface area contributed by atoms with Crippen LogP contribution in [-0.2, 0) is 30.6 Å². The second-order valence-electron chi connectivity index (χ2n) is 7.20. The summed E-state index contributed by atoms with van der Waals surface area (Å²) in [6.45, 7) is -0.0709. The molecule has 0 aliphatic rings. The lowest BCUT2D eigenvalue weighted by molar-refractivity contribution is -0.119. The van der Waals surface area contributed by atoms with Crippen molar-refractivity contribution in [3.8, 4) is 0 Å². The highest BCUT2D eigenvalue weighted by atomic mass is 35.5. The lowest BCUT2D eigenvalue weighted by atomic mass is 10.2. The Morgan fingerprint density at radius 1 is 1.00 bits per heavy atom. The summed E-state index contributed by atoms with van der Waals surface area (Å²) in [6.07, 6.45) is 0.984. The Balaban J connectivity index is 1.93. The molecule has 0 unspecified atom stereocenters. The highest BCUT2D eigenvalue weighted by Crippen LogP contribution is 2.25. The van der Waals surface area contributed by atoms with Gasteiger partial charge in [0.1, 0.15) is 6.54 Å². The molecule has 0 atom stereocenters. The maximum absolute atomic E-state index is 12.3. The Bertz CT molecular complexity index is 1190. The zero-order valence-electron chi connectivity index (χ0n) is 18.3. The molecule has 0 bridgehead atoms. The Labute approximate surface area is 209 Å². The third-order valence-corrected chi connectivity index (χ3v) is 9.15. The van der Waals surface area contributed by atoms with Crippen LogP contribution in [0, 0.1) is 0 Å². The first-order valence-electron chi connectivity index (χ1n) is 9.61. The number of nitrogens with one attached hydrogen (secondary N) is 1. The van der Waals surface area contributed by atoms with E-state index in [-0.39, 0.29) is 10.6 Å². The van der Waals surface area contributed by atoms with Gasteiger partial charge in [0.25, 0.3) is 0 Å². The van der Waals surface area contributed by atoms with Crippen molar-refractivity contribution in [1.29, 1.82) is 0 Å². The van der Waals surface area contributed by atoms with Crippen molar-refractivity contribution in [1.82, 2.24) is 9.62 Å². The number of hydrogen-bond acceptors (Lipinski definition) is 6. The molecule has 0 saturated carbocycles. The van der Waals surface area contributed by atoms with Gasteiger partial charge in [0.15, 0.2) is 0 Å². The van der Waals surface area contributed by atoms with Gasteiger partial charge in [-0.25, -0.2) is 21.1 Å². The fraction of sp³-hybridized carbons (Fsp3) is 0.350. The minimum atomic E-state index is -3.77. The Morgan fingerprint density at radius 3 is 2.18 bits per heavy atom. The summed E-state index contributed by atoms with van der Waals surface area (Å²) in [4.78, 5) is 12.4. The van der Waals surface area contributed by atoms with Crippen LogP contribution >= 0.6 is 35.0 Å². The van der Waals surface area contributed by atoms with Gasteiger partial charge in [-0.1, -0.05) is 29.3 Å². The fourth-order valence-corrected chi connectivity index (χ4v) is 5.55. The summed E-state index contributed by atoms with van der Waals surface area (Å²) >= 11 is 13.5. The predicted molar refractivity (Wildman–Crippen MR) is 135 cm³/mol. The molecule has 0 spiro atoms. The molecule has 2 aromatic rings. The number of anilines is 1. The van der Waals surface area contributed by atoms with Gasteiger partial charge in [0.05, 0.1) is 26.9 Å². The molecule has 0 saturated heterocycles. The SMILES string of the molecule is CN(C)S(=O)(=O)c1ccc(N(CC(=O)NCCSCc2ccc(Cl)c(Cl)c2)S(C)(=O)=O)cc1. The third-order valence-electron chi connectivity index (χ3n) is 4.41. The summed E-state index contributed by atoms with van der Waals surface area (Å²) in [5, 5.41) is 3.67. The van der Waals surface area contributed by atoms with Gasteiger partial charge in [-0.15, -0.1) is 0 Å². The third kappa shape index (κ3) is 8.04. The van der Waals surface area contributed by atoms with E-state index in [1.807, 2.05) is 6.07 Å². The van der Waals surface area contributed by atoms with Crippen molar-refractivity contribution in [2.24, 2.45) is 0 Å². The van der Waals surface area contributed by atoms with Crippen molar-refractivity contribution in [2.45, 2.75) is 10.6 Å². The van der Waals surface area contributed by atoms with Crippen molar-refractivity contribution < 1.29 is 21.6 Å². The molecule has 182 valence electrons. The quantitative estimate of drug-likeness (QED) is 0.429. The van der Waals surface area contributed by atoms with Gasteiger partial charge < -0.3 is 5.32 Å². The number of sulfonamides is 2. The van der Waals surface area contributed by atoms with Crippen molar-refractivity contribution in [2.75, 3.05) is 43.5 Å². The second kappa shape index (κ2) is 11.8. The predicted octanol–water partition coefficient (Wildman–Crippen LogP) is 3.06. The number of hydrogen-bond donors (Lipinski definition) is 1. The number of carbonyl (C=O) groups excluding carboxylic acids is 1. The highest BCUT2D eigenvalue weighted by molar-refractivity contribution is 7.98. The molecule has 0 radical (unpaired) electrons. The summed E-state index contributed by atoms with van der Waals surface area (Å²) < 4.78 is 50.9. The van der Waals surface area contributed by atoms with Crippen LogP contribution in [0.5, 0.6) is 0 Å². The van der Waals surface area contributed by atoms with E-state index in [1.54, 1.807) is 23.9 Å². The average molecular weight is 555 g/mol. The van der Waals surface area contributed by atoms with Crippen LogP contribution in [-0.4, -0.2) is 66.2 Å². The number of nitrogens with zero attached hydrogens (tertiary/aromatic N) is 2. The van der Waals surface area contributed by atoms with Gasteiger partial charge in [-0.2, -0.15) is 11.8 Å². The molecule has 2 rings (SSSR count). The van der Waals surface area contributed by atoms with Crippen LogP contribution in [0.15, 0.2) is 47.4 Å². The number of carbonyl (C=O) groups is 1. The smallest absolute Gasteiger partial charge is 0.242 e. The number of amides is 1. The van der Waals surface area contributed by atoms with Crippen molar-refractivity contribution in [3.05, 3.63) is 58.1 Å². The summed E-state index contributed by atoms with van der Waals surface area (Å²) in [5.74, 6) is 0.826. The normalized spacial score (nSPS) is 12.1. The minimum Gasteiger partial charge on any atom is -0.354 e. The maximum Gasteiger partial charge on any atom is 0.242 e. The van der Waals surface area contributed by atoms with E-state index in [9.17, 15) is 21.6 Å². The van der Waals surface area contributed by atoms with Crippen molar-refractivity contribution in [3.63, 3.8) is 0 Å². The van der Waals surface area contributed by atoms with Crippen LogP contribution in [0.1, 0.15) is 5.56 Å². The standard InChI is InChI=1S/C20H25Cl2N3O5S3/c1-24(2)33(29,30)17-7-5-16(6-8-17)25(32(3,27)28)13-20(26)23-10-11-31-14-15-4-9-18(21)19(22)12-15/h4-9,12H,10-11,13-14H2,1-3H3,(H,23,26).